The van der Waals surface area contributed by atoms with E-state index in [-0.39, 0.29) is 37.6 Å². The van der Waals surface area contributed by atoms with Crippen molar-refractivity contribution in [3.05, 3.63) is 0 Å². The van der Waals surface area contributed by atoms with E-state index in [1.807, 2.05) is 0 Å². The Morgan fingerprint density at radius 2 is 0.947 bits per heavy atom. The lowest BCUT2D eigenvalue weighted by molar-refractivity contribution is -0.142. The van der Waals surface area contributed by atoms with Crippen LogP contribution in [0, 0.1) is 5.92 Å². The summed E-state index contributed by atoms with van der Waals surface area (Å²) in [6.45, 7) is 16.9. The monoisotopic (exact) mass is 812 g/mol. The first-order valence-electron chi connectivity index (χ1n) is 21.8. The summed E-state index contributed by atoms with van der Waals surface area (Å²) in [6.07, 6.45) is 17.0. The van der Waals surface area contributed by atoms with E-state index >= 15 is 0 Å². The summed E-state index contributed by atoms with van der Waals surface area (Å²) in [5.41, 5.74) is -1.27. The molecular weight excluding hydrogens is 730 g/mol. The van der Waals surface area contributed by atoms with Crippen LogP contribution in [0.3, 0.4) is 0 Å². The summed E-state index contributed by atoms with van der Waals surface area (Å²) < 4.78 is 10.5. The Hall–Kier alpha value is -3.58. The smallest absolute Gasteiger partial charge is 0.407 e. The van der Waals surface area contributed by atoms with Gasteiger partial charge in [0, 0.05) is 19.5 Å². The van der Waals surface area contributed by atoms with Gasteiger partial charge in [-0.3, -0.25) is 14.4 Å². The summed E-state index contributed by atoms with van der Waals surface area (Å²) in [5, 5.41) is 23.4. The van der Waals surface area contributed by atoms with E-state index in [2.05, 4.69) is 33.5 Å². The zero-order valence-corrected chi connectivity index (χ0v) is 37.1. The SMILES string of the molecule is CCCCCCCCCCCCCCCC(=O)N[C@@H](CCCCNC(=O)OC(C)(C)C)C(=O)N[C@H](C(=O)N[C@@H](CCCCNC(=O)OC(C)(C)C)C(=O)O)C(C)C. The van der Waals surface area contributed by atoms with Gasteiger partial charge in [-0.2, -0.15) is 0 Å². The molecule has 14 heteroatoms. The molecule has 0 fully saturated rings. The Kier molecular flexibility index (Phi) is 28.6. The van der Waals surface area contributed by atoms with E-state index in [1.54, 1.807) is 55.4 Å². The van der Waals surface area contributed by atoms with Crippen LogP contribution >= 0.6 is 0 Å². The second-order valence-corrected chi connectivity index (χ2v) is 17.6. The van der Waals surface area contributed by atoms with Crippen LogP contribution in [-0.4, -0.2) is 83.4 Å². The summed E-state index contributed by atoms with van der Waals surface area (Å²) in [6, 6.07) is -3.18. The Morgan fingerprint density at radius 3 is 1.35 bits per heavy atom. The lowest BCUT2D eigenvalue weighted by Gasteiger charge is -2.27. The quantitative estimate of drug-likeness (QED) is 0.0375. The van der Waals surface area contributed by atoms with Gasteiger partial charge in [0.1, 0.15) is 29.3 Å². The van der Waals surface area contributed by atoms with Crippen LogP contribution in [0.2, 0.25) is 0 Å². The van der Waals surface area contributed by atoms with Crippen molar-refractivity contribution < 1.29 is 43.3 Å². The number of carbonyl (C=O) groups excluding carboxylic acids is 5. The Labute approximate surface area is 344 Å². The van der Waals surface area contributed by atoms with Crippen LogP contribution in [0.25, 0.3) is 0 Å². The van der Waals surface area contributed by atoms with E-state index in [4.69, 9.17) is 9.47 Å². The van der Waals surface area contributed by atoms with Crippen molar-refractivity contribution in [1.29, 1.82) is 0 Å². The van der Waals surface area contributed by atoms with E-state index in [9.17, 15) is 33.9 Å². The molecular formula is C43H81N5O9. The maximum Gasteiger partial charge on any atom is 0.407 e. The number of unbranched alkanes of at least 4 members (excludes halogenated alkanes) is 14. The molecule has 5 amide bonds. The fraction of sp³-hybridized carbons (Fsp3) is 0.860. The number of carboxylic acid groups (broad SMARTS) is 1. The van der Waals surface area contributed by atoms with Gasteiger partial charge >= 0.3 is 18.2 Å². The van der Waals surface area contributed by atoms with Crippen molar-refractivity contribution in [2.24, 2.45) is 5.92 Å². The summed E-state index contributed by atoms with van der Waals surface area (Å²) >= 11 is 0. The largest absolute Gasteiger partial charge is 0.480 e. The standard InChI is InChI=1S/C43H81N5O9/c1-10-11-12-13-14-15-16-17-18-19-20-21-22-29-35(49)46-33(27-23-25-30-44-40(54)56-42(4,5)6)37(50)48-36(32(2)3)38(51)47-34(39(52)53)28-24-26-31-45-41(55)57-43(7,8)9/h32-34,36H,10-31H2,1-9H3,(H,44,54)(H,45,55)(H,46,49)(H,47,51)(H,48,50)(H,52,53)/t33-,34-,36-/m0/s1. The van der Waals surface area contributed by atoms with E-state index in [1.165, 1.54) is 57.8 Å². The molecule has 0 aliphatic carbocycles. The molecule has 0 aliphatic rings. The number of ether oxygens (including phenoxy) is 2. The number of carboxylic acids is 1. The number of alkyl carbamates (subject to hydrolysis) is 2. The average molecular weight is 812 g/mol. The highest BCUT2D eigenvalue weighted by molar-refractivity contribution is 5.93. The zero-order valence-electron chi connectivity index (χ0n) is 37.1. The molecule has 332 valence electrons. The van der Waals surface area contributed by atoms with Gasteiger partial charge in [-0.15, -0.1) is 0 Å². The van der Waals surface area contributed by atoms with E-state index < -0.39 is 59.3 Å². The summed E-state index contributed by atoms with van der Waals surface area (Å²) in [7, 11) is 0. The Morgan fingerprint density at radius 1 is 0.526 bits per heavy atom. The van der Waals surface area contributed by atoms with E-state index in [0.29, 0.717) is 38.6 Å². The summed E-state index contributed by atoms with van der Waals surface area (Å²) in [5.74, 6) is -3.03. The molecule has 0 aromatic carbocycles. The Bertz CT molecular complexity index is 1170. The van der Waals surface area contributed by atoms with Crippen molar-refractivity contribution >= 4 is 35.9 Å². The molecule has 0 unspecified atom stereocenters. The zero-order chi connectivity index (χ0) is 43.3. The van der Waals surface area contributed by atoms with Crippen molar-refractivity contribution in [3.63, 3.8) is 0 Å². The fourth-order valence-electron chi connectivity index (χ4n) is 6.10. The average Bonchev–Trinajstić information content (AvgIpc) is 3.09. The second-order valence-electron chi connectivity index (χ2n) is 17.6. The molecule has 0 radical (unpaired) electrons. The molecule has 0 saturated heterocycles. The van der Waals surface area contributed by atoms with Crippen molar-refractivity contribution in [3.8, 4) is 0 Å². The third-order valence-electron chi connectivity index (χ3n) is 9.20. The predicted molar refractivity (Wildman–Crippen MR) is 225 cm³/mol. The molecule has 0 spiro atoms. The van der Waals surface area contributed by atoms with Gasteiger partial charge in [-0.25, -0.2) is 14.4 Å². The third-order valence-corrected chi connectivity index (χ3v) is 9.20. The normalized spacial score (nSPS) is 13.2. The van der Waals surface area contributed by atoms with Crippen LogP contribution in [0.4, 0.5) is 9.59 Å². The van der Waals surface area contributed by atoms with Crippen LogP contribution in [0.5, 0.6) is 0 Å². The van der Waals surface area contributed by atoms with Crippen LogP contribution in [-0.2, 0) is 28.7 Å². The topological polar surface area (TPSA) is 201 Å². The van der Waals surface area contributed by atoms with Gasteiger partial charge in [0.15, 0.2) is 0 Å². The van der Waals surface area contributed by atoms with Gasteiger partial charge < -0.3 is 41.2 Å². The fourth-order valence-corrected chi connectivity index (χ4v) is 6.10. The minimum Gasteiger partial charge on any atom is -0.480 e. The lowest BCUT2D eigenvalue weighted by atomic mass is 10.0. The maximum absolute atomic E-state index is 13.7. The lowest BCUT2D eigenvalue weighted by Crippen LogP contribution is -2.57. The van der Waals surface area contributed by atoms with Crippen LogP contribution in [0.15, 0.2) is 0 Å². The van der Waals surface area contributed by atoms with Crippen molar-refractivity contribution in [2.45, 2.75) is 220 Å². The van der Waals surface area contributed by atoms with Gasteiger partial charge in [-0.05, 0) is 92.4 Å². The second kappa shape index (κ2) is 30.5. The number of nitrogens with one attached hydrogen (secondary N) is 5. The van der Waals surface area contributed by atoms with Gasteiger partial charge in [-0.1, -0.05) is 97.8 Å². The first kappa shape index (κ1) is 53.4. The molecule has 0 aliphatic heterocycles. The molecule has 0 aromatic rings. The minimum atomic E-state index is -1.21. The molecule has 0 saturated carbocycles. The highest BCUT2D eigenvalue weighted by Gasteiger charge is 2.31. The number of hydrogen-bond acceptors (Lipinski definition) is 8. The minimum absolute atomic E-state index is 0.116. The number of carbonyl (C=O) groups is 6. The number of hydrogen-bond donors (Lipinski definition) is 6. The van der Waals surface area contributed by atoms with Crippen molar-refractivity contribution in [2.75, 3.05) is 13.1 Å². The maximum atomic E-state index is 13.7. The van der Waals surface area contributed by atoms with E-state index in [0.717, 1.165) is 19.3 Å². The molecule has 0 heterocycles. The highest BCUT2D eigenvalue weighted by Crippen LogP contribution is 2.14. The van der Waals surface area contributed by atoms with Gasteiger partial charge in [0.05, 0.1) is 0 Å². The Balaban J connectivity index is 5.18. The van der Waals surface area contributed by atoms with Gasteiger partial charge in [0.2, 0.25) is 17.7 Å². The third kappa shape index (κ3) is 31.1. The molecule has 0 bridgehead atoms. The molecule has 14 nitrogen and oxygen atoms in total. The molecule has 3 atom stereocenters. The van der Waals surface area contributed by atoms with Crippen molar-refractivity contribution in [1.82, 2.24) is 26.6 Å². The van der Waals surface area contributed by atoms with Crippen LogP contribution in [0.1, 0.15) is 191 Å². The molecule has 6 N–H and O–H groups in total. The predicted octanol–water partition coefficient (Wildman–Crippen LogP) is 8.05. The molecule has 0 rings (SSSR count). The number of amides is 5. The highest BCUT2D eigenvalue weighted by atomic mass is 16.6. The molecule has 0 aromatic heterocycles. The first-order valence-corrected chi connectivity index (χ1v) is 21.8. The summed E-state index contributed by atoms with van der Waals surface area (Å²) in [4.78, 5) is 76.1. The number of aliphatic carboxylic acids is 1. The first-order chi connectivity index (χ1) is 26.8. The van der Waals surface area contributed by atoms with Gasteiger partial charge in [0.25, 0.3) is 0 Å². The number of rotatable bonds is 31. The molecule has 57 heavy (non-hydrogen) atoms. The van der Waals surface area contributed by atoms with Crippen LogP contribution < -0.4 is 26.6 Å².